The molecule has 0 bridgehead atoms. The molecule has 7 heteroatoms. The minimum Gasteiger partial charge on any atom is -0.479 e. The molecule has 0 heterocycles. The Morgan fingerprint density at radius 3 is 2.30 bits per heavy atom. The number of aliphatic carboxylic acids is 1. The highest BCUT2D eigenvalue weighted by Crippen LogP contribution is 2.19. The number of nitrogens with zero attached hydrogens (tertiary/aromatic N) is 1. The van der Waals surface area contributed by atoms with Gasteiger partial charge < -0.3 is 10.4 Å². The number of benzene rings is 2. The van der Waals surface area contributed by atoms with Crippen molar-refractivity contribution in [2.24, 2.45) is 0 Å². The van der Waals surface area contributed by atoms with Crippen LogP contribution in [0.5, 0.6) is 0 Å². The van der Waals surface area contributed by atoms with Crippen LogP contribution in [0.1, 0.15) is 17.2 Å². The van der Waals surface area contributed by atoms with Crippen LogP contribution in [0.25, 0.3) is 0 Å². The van der Waals surface area contributed by atoms with Crippen LogP contribution in [-0.2, 0) is 16.0 Å². The largest absolute Gasteiger partial charge is 0.479 e. The molecule has 0 aliphatic rings. The van der Waals surface area contributed by atoms with Crippen LogP contribution in [0.3, 0.4) is 0 Å². The molecular weight excluding hydrogens is 300 g/mol. The summed E-state index contributed by atoms with van der Waals surface area (Å²) in [6, 6.07) is 12.9. The molecular formula is C16H14N2O5. The van der Waals surface area contributed by atoms with Crippen molar-refractivity contribution in [1.29, 1.82) is 0 Å². The van der Waals surface area contributed by atoms with E-state index in [1.165, 1.54) is 18.2 Å². The van der Waals surface area contributed by atoms with Gasteiger partial charge in [0.05, 0.1) is 11.3 Å². The van der Waals surface area contributed by atoms with E-state index >= 15 is 0 Å². The first kappa shape index (κ1) is 16.2. The number of rotatable bonds is 6. The Morgan fingerprint density at radius 1 is 1.09 bits per heavy atom. The second-order valence-corrected chi connectivity index (χ2v) is 4.81. The van der Waals surface area contributed by atoms with Gasteiger partial charge in [0, 0.05) is 11.6 Å². The fourth-order valence-corrected chi connectivity index (χ4v) is 2.16. The van der Waals surface area contributed by atoms with E-state index in [1.54, 1.807) is 36.4 Å². The molecule has 1 atom stereocenters. The topological polar surface area (TPSA) is 110 Å². The molecule has 23 heavy (non-hydrogen) atoms. The number of nitro benzene ring substituents is 1. The highest BCUT2D eigenvalue weighted by molar-refractivity contribution is 5.86. The van der Waals surface area contributed by atoms with E-state index in [0.29, 0.717) is 5.56 Å². The van der Waals surface area contributed by atoms with Crippen LogP contribution in [0, 0.1) is 10.1 Å². The average molecular weight is 314 g/mol. The SMILES string of the molecule is O=C(Cc1ccccc1[N+](=O)[O-])N[C@H](C(=O)O)c1ccccc1. The maximum Gasteiger partial charge on any atom is 0.330 e. The first-order valence-corrected chi connectivity index (χ1v) is 6.78. The Labute approximate surface area is 131 Å². The summed E-state index contributed by atoms with van der Waals surface area (Å²) >= 11 is 0. The van der Waals surface area contributed by atoms with Gasteiger partial charge in [-0.05, 0) is 5.56 Å². The lowest BCUT2D eigenvalue weighted by Gasteiger charge is -2.15. The summed E-state index contributed by atoms with van der Waals surface area (Å²) in [7, 11) is 0. The van der Waals surface area contributed by atoms with E-state index < -0.39 is 22.8 Å². The van der Waals surface area contributed by atoms with E-state index in [0.717, 1.165) is 0 Å². The van der Waals surface area contributed by atoms with Crippen LogP contribution in [0.4, 0.5) is 5.69 Å². The number of carboxylic acid groups (broad SMARTS) is 1. The van der Waals surface area contributed by atoms with E-state index in [2.05, 4.69) is 5.32 Å². The standard InChI is InChI=1S/C16H14N2O5/c19-14(10-12-8-4-5-9-13(12)18(22)23)17-15(16(20)21)11-6-2-1-3-7-11/h1-9,15H,10H2,(H,17,19)(H,20,21)/t15-/m0/s1. The normalized spacial score (nSPS) is 11.5. The zero-order chi connectivity index (χ0) is 16.8. The molecule has 0 saturated carbocycles. The summed E-state index contributed by atoms with van der Waals surface area (Å²) < 4.78 is 0. The summed E-state index contributed by atoms with van der Waals surface area (Å²) in [6.45, 7) is 0. The molecule has 0 radical (unpaired) electrons. The van der Waals surface area contributed by atoms with Gasteiger partial charge in [-0.15, -0.1) is 0 Å². The molecule has 0 aliphatic carbocycles. The van der Waals surface area contributed by atoms with Gasteiger partial charge in [-0.3, -0.25) is 14.9 Å². The van der Waals surface area contributed by atoms with Crippen LogP contribution in [0.2, 0.25) is 0 Å². The number of carbonyl (C=O) groups excluding carboxylic acids is 1. The summed E-state index contributed by atoms with van der Waals surface area (Å²) in [5, 5.41) is 22.6. The molecule has 0 fully saturated rings. The van der Waals surface area contributed by atoms with E-state index in [9.17, 15) is 24.8 Å². The molecule has 2 aromatic rings. The van der Waals surface area contributed by atoms with Gasteiger partial charge in [-0.1, -0.05) is 48.5 Å². The number of nitro groups is 1. The third-order valence-corrected chi connectivity index (χ3v) is 3.22. The van der Waals surface area contributed by atoms with Crippen LogP contribution >= 0.6 is 0 Å². The average Bonchev–Trinajstić information content (AvgIpc) is 2.53. The van der Waals surface area contributed by atoms with E-state index in [-0.39, 0.29) is 17.7 Å². The summed E-state index contributed by atoms with van der Waals surface area (Å²) in [4.78, 5) is 33.8. The highest BCUT2D eigenvalue weighted by atomic mass is 16.6. The first-order chi connectivity index (χ1) is 11.0. The lowest BCUT2D eigenvalue weighted by molar-refractivity contribution is -0.385. The Bertz CT molecular complexity index is 730. The van der Waals surface area contributed by atoms with Gasteiger partial charge in [0.2, 0.25) is 5.91 Å². The molecule has 2 rings (SSSR count). The predicted molar refractivity (Wildman–Crippen MR) is 81.8 cm³/mol. The smallest absolute Gasteiger partial charge is 0.330 e. The summed E-state index contributed by atoms with van der Waals surface area (Å²) in [5.41, 5.74) is 0.484. The number of para-hydroxylation sites is 1. The zero-order valence-corrected chi connectivity index (χ0v) is 12.0. The maximum atomic E-state index is 12.1. The van der Waals surface area contributed by atoms with Crippen LogP contribution in [0.15, 0.2) is 54.6 Å². The number of hydrogen-bond acceptors (Lipinski definition) is 4. The number of carbonyl (C=O) groups is 2. The molecule has 0 aromatic heterocycles. The van der Waals surface area contributed by atoms with Crippen molar-refractivity contribution in [2.75, 3.05) is 0 Å². The number of hydrogen-bond donors (Lipinski definition) is 2. The van der Waals surface area contributed by atoms with Gasteiger partial charge in [-0.25, -0.2) is 4.79 Å². The maximum absolute atomic E-state index is 12.1. The van der Waals surface area contributed by atoms with Crippen molar-refractivity contribution in [1.82, 2.24) is 5.32 Å². The van der Waals surface area contributed by atoms with Crippen molar-refractivity contribution < 1.29 is 19.6 Å². The van der Waals surface area contributed by atoms with Crippen LogP contribution in [-0.4, -0.2) is 21.9 Å². The molecule has 0 saturated heterocycles. The first-order valence-electron chi connectivity index (χ1n) is 6.78. The molecule has 2 aromatic carbocycles. The van der Waals surface area contributed by atoms with Crippen molar-refractivity contribution in [3.8, 4) is 0 Å². The Kier molecular flexibility index (Phi) is 5.03. The minimum atomic E-state index is -1.20. The van der Waals surface area contributed by atoms with Crippen molar-refractivity contribution in [2.45, 2.75) is 12.5 Å². The van der Waals surface area contributed by atoms with Gasteiger partial charge >= 0.3 is 5.97 Å². The fraction of sp³-hybridized carbons (Fsp3) is 0.125. The number of nitrogens with one attached hydrogen (secondary N) is 1. The lowest BCUT2D eigenvalue weighted by Crippen LogP contribution is -2.34. The quantitative estimate of drug-likeness (QED) is 0.626. The predicted octanol–water partition coefficient (Wildman–Crippen LogP) is 2.08. The number of carboxylic acids is 1. The van der Waals surface area contributed by atoms with Crippen molar-refractivity contribution in [3.63, 3.8) is 0 Å². The Balaban J connectivity index is 2.15. The molecule has 2 N–H and O–H groups in total. The molecule has 0 unspecified atom stereocenters. The second-order valence-electron chi connectivity index (χ2n) is 4.81. The van der Waals surface area contributed by atoms with Gasteiger partial charge in [-0.2, -0.15) is 0 Å². The van der Waals surface area contributed by atoms with E-state index in [4.69, 9.17) is 0 Å². The fourth-order valence-electron chi connectivity index (χ4n) is 2.16. The van der Waals surface area contributed by atoms with Gasteiger partial charge in [0.25, 0.3) is 5.69 Å². The number of amides is 1. The lowest BCUT2D eigenvalue weighted by atomic mass is 10.1. The molecule has 7 nitrogen and oxygen atoms in total. The van der Waals surface area contributed by atoms with E-state index in [1.807, 2.05) is 0 Å². The second kappa shape index (κ2) is 7.17. The Hall–Kier alpha value is -3.22. The van der Waals surface area contributed by atoms with Crippen molar-refractivity contribution >= 4 is 17.6 Å². The zero-order valence-electron chi connectivity index (χ0n) is 12.0. The minimum absolute atomic E-state index is 0.172. The summed E-state index contributed by atoms with van der Waals surface area (Å²) in [6.07, 6.45) is -0.270. The van der Waals surface area contributed by atoms with Crippen molar-refractivity contribution in [3.05, 3.63) is 75.8 Å². The molecule has 1 amide bonds. The molecule has 0 aliphatic heterocycles. The van der Waals surface area contributed by atoms with Gasteiger partial charge in [0.1, 0.15) is 0 Å². The van der Waals surface area contributed by atoms with Crippen LogP contribution < -0.4 is 5.32 Å². The van der Waals surface area contributed by atoms with Gasteiger partial charge in [0.15, 0.2) is 6.04 Å². The molecule has 0 spiro atoms. The molecule has 118 valence electrons. The summed E-state index contributed by atoms with van der Waals surface area (Å²) in [5.74, 6) is -1.80. The highest BCUT2D eigenvalue weighted by Gasteiger charge is 2.23. The Morgan fingerprint density at radius 2 is 1.70 bits per heavy atom. The monoisotopic (exact) mass is 314 g/mol. The third kappa shape index (κ3) is 4.13. The third-order valence-electron chi connectivity index (χ3n) is 3.22.